The highest BCUT2D eigenvalue weighted by Gasteiger charge is 2.21. The van der Waals surface area contributed by atoms with Gasteiger partial charge in [-0.15, -0.1) is 0 Å². The fourth-order valence-electron chi connectivity index (χ4n) is 2.74. The predicted octanol–water partition coefficient (Wildman–Crippen LogP) is 4.17. The van der Waals surface area contributed by atoms with Crippen LogP contribution in [0.1, 0.15) is 29.7 Å². The molecule has 2 nitrogen and oxygen atoms in total. The van der Waals surface area contributed by atoms with Crippen LogP contribution in [0.15, 0.2) is 48.5 Å². The molecule has 0 aromatic heterocycles. The quantitative estimate of drug-likeness (QED) is 0.898. The first kappa shape index (κ1) is 16.0. The van der Waals surface area contributed by atoms with Crippen molar-refractivity contribution in [3.05, 3.63) is 70.2 Å². The number of hydrogen-bond donors (Lipinski definition) is 1. The smallest absolute Gasteiger partial charge is 0.0496 e. The molecule has 0 amide bonds. The van der Waals surface area contributed by atoms with Gasteiger partial charge in [0.05, 0.1) is 0 Å². The zero-order chi connectivity index (χ0) is 15.4. The number of halogens is 1. The molecule has 0 fully saturated rings. The van der Waals surface area contributed by atoms with Gasteiger partial charge in [-0.3, -0.25) is 4.90 Å². The Morgan fingerprint density at radius 3 is 2.38 bits per heavy atom. The first-order valence-corrected chi connectivity index (χ1v) is 7.62. The van der Waals surface area contributed by atoms with Crippen LogP contribution in [-0.2, 0) is 6.54 Å². The minimum Gasteiger partial charge on any atom is -0.326 e. The average molecular weight is 303 g/mol. The monoisotopic (exact) mass is 302 g/mol. The second-order valence-corrected chi connectivity index (χ2v) is 6.20. The van der Waals surface area contributed by atoms with Gasteiger partial charge in [-0.1, -0.05) is 53.6 Å². The van der Waals surface area contributed by atoms with Crippen molar-refractivity contribution in [2.24, 2.45) is 5.73 Å². The minimum absolute atomic E-state index is 0.0527. The fraction of sp³-hybridized carbons (Fsp3) is 0.333. The van der Waals surface area contributed by atoms with Gasteiger partial charge in [-0.2, -0.15) is 0 Å². The molecule has 21 heavy (non-hydrogen) atoms. The summed E-state index contributed by atoms with van der Waals surface area (Å²) in [7, 11) is 2.11. The molecule has 0 heterocycles. The molecule has 0 bridgehead atoms. The van der Waals surface area contributed by atoms with Crippen LogP contribution in [0.25, 0.3) is 0 Å². The molecule has 0 saturated carbocycles. The van der Waals surface area contributed by atoms with E-state index in [4.69, 9.17) is 17.3 Å². The van der Waals surface area contributed by atoms with Crippen LogP contribution in [0.3, 0.4) is 0 Å². The molecule has 0 spiro atoms. The van der Waals surface area contributed by atoms with E-state index in [9.17, 15) is 0 Å². The van der Waals surface area contributed by atoms with Crippen LogP contribution in [0.5, 0.6) is 0 Å². The zero-order valence-corrected chi connectivity index (χ0v) is 13.6. The molecule has 0 aliphatic rings. The molecule has 2 atom stereocenters. The van der Waals surface area contributed by atoms with Crippen molar-refractivity contribution in [1.29, 1.82) is 0 Å². The van der Waals surface area contributed by atoms with E-state index < -0.39 is 0 Å². The molecular weight excluding hydrogens is 280 g/mol. The number of nitrogens with zero attached hydrogens (tertiary/aromatic N) is 1. The summed E-state index contributed by atoms with van der Waals surface area (Å²) >= 11 is 6.06. The summed E-state index contributed by atoms with van der Waals surface area (Å²) in [5.41, 5.74) is 9.93. The first-order valence-electron chi connectivity index (χ1n) is 7.24. The molecule has 2 aromatic carbocycles. The Bertz CT molecular complexity index is 578. The maximum Gasteiger partial charge on any atom is 0.0496 e. The first-order chi connectivity index (χ1) is 9.97. The standard InChI is InChI=1S/C18H23ClN2/c1-13-7-9-16(10-8-13)18(14(2)20)21(3)12-15-5-4-6-17(19)11-15/h4-11,14,18H,12,20H2,1-3H3. The van der Waals surface area contributed by atoms with Crippen molar-refractivity contribution in [3.63, 3.8) is 0 Å². The molecule has 2 unspecified atom stereocenters. The Kier molecular flexibility index (Phi) is 5.40. The number of rotatable bonds is 5. The number of aryl methyl sites for hydroxylation is 1. The lowest BCUT2D eigenvalue weighted by Crippen LogP contribution is -2.36. The van der Waals surface area contributed by atoms with E-state index in [-0.39, 0.29) is 12.1 Å². The molecule has 0 aliphatic carbocycles. The summed E-state index contributed by atoms with van der Waals surface area (Å²) in [5.74, 6) is 0. The highest BCUT2D eigenvalue weighted by atomic mass is 35.5. The Hall–Kier alpha value is -1.35. The summed E-state index contributed by atoms with van der Waals surface area (Å²) in [5, 5.41) is 0.772. The van der Waals surface area contributed by atoms with Crippen LogP contribution in [-0.4, -0.2) is 18.0 Å². The van der Waals surface area contributed by atoms with Crippen molar-refractivity contribution in [2.75, 3.05) is 7.05 Å². The van der Waals surface area contributed by atoms with Crippen molar-refractivity contribution < 1.29 is 0 Å². The van der Waals surface area contributed by atoms with E-state index in [1.807, 2.05) is 18.2 Å². The molecule has 0 radical (unpaired) electrons. The third-order valence-electron chi connectivity index (χ3n) is 3.71. The lowest BCUT2D eigenvalue weighted by molar-refractivity contribution is 0.211. The zero-order valence-electron chi connectivity index (χ0n) is 12.9. The largest absolute Gasteiger partial charge is 0.326 e. The summed E-state index contributed by atoms with van der Waals surface area (Å²) in [6.07, 6.45) is 0. The molecule has 112 valence electrons. The summed E-state index contributed by atoms with van der Waals surface area (Å²) in [6.45, 7) is 4.97. The number of likely N-dealkylation sites (N-methyl/N-ethyl adjacent to an activating group) is 1. The maximum absolute atomic E-state index is 6.22. The minimum atomic E-state index is 0.0527. The summed E-state index contributed by atoms with van der Waals surface area (Å²) in [4.78, 5) is 2.28. The van der Waals surface area contributed by atoms with Gasteiger partial charge in [0.1, 0.15) is 0 Å². The van der Waals surface area contributed by atoms with Gasteiger partial charge in [-0.05, 0) is 44.2 Å². The molecular formula is C18H23ClN2. The van der Waals surface area contributed by atoms with Gasteiger partial charge < -0.3 is 5.73 Å². The maximum atomic E-state index is 6.22. The van der Waals surface area contributed by atoms with Gasteiger partial charge in [0, 0.05) is 23.7 Å². The van der Waals surface area contributed by atoms with Crippen molar-refractivity contribution in [3.8, 4) is 0 Å². The number of benzene rings is 2. The van der Waals surface area contributed by atoms with Crippen molar-refractivity contribution >= 4 is 11.6 Å². The third-order valence-corrected chi connectivity index (χ3v) is 3.95. The highest BCUT2D eigenvalue weighted by Crippen LogP contribution is 2.25. The third kappa shape index (κ3) is 4.31. The van der Waals surface area contributed by atoms with Crippen molar-refractivity contribution in [1.82, 2.24) is 4.90 Å². The topological polar surface area (TPSA) is 29.3 Å². The number of hydrogen-bond acceptors (Lipinski definition) is 2. The summed E-state index contributed by atoms with van der Waals surface area (Å²) in [6, 6.07) is 16.8. The molecule has 2 aromatic rings. The van der Waals surface area contributed by atoms with Gasteiger partial charge in [0.2, 0.25) is 0 Å². The summed E-state index contributed by atoms with van der Waals surface area (Å²) < 4.78 is 0. The Balaban J connectivity index is 2.19. The van der Waals surface area contributed by atoms with Crippen LogP contribution < -0.4 is 5.73 Å². The Morgan fingerprint density at radius 1 is 1.14 bits per heavy atom. The second-order valence-electron chi connectivity index (χ2n) is 5.76. The predicted molar refractivity (Wildman–Crippen MR) is 90.5 cm³/mol. The van der Waals surface area contributed by atoms with Gasteiger partial charge >= 0.3 is 0 Å². The molecule has 2 N–H and O–H groups in total. The average Bonchev–Trinajstić information content (AvgIpc) is 2.41. The number of nitrogens with two attached hydrogens (primary N) is 1. The van der Waals surface area contributed by atoms with E-state index in [0.717, 1.165) is 11.6 Å². The van der Waals surface area contributed by atoms with E-state index in [1.54, 1.807) is 0 Å². The molecule has 0 saturated heterocycles. The lowest BCUT2D eigenvalue weighted by atomic mass is 9.98. The second kappa shape index (κ2) is 7.08. The highest BCUT2D eigenvalue weighted by molar-refractivity contribution is 6.30. The van der Waals surface area contributed by atoms with Gasteiger partial charge in [0.15, 0.2) is 0 Å². The van der Waals surface area contributed by atoms with Crippen LogP contribution in [0, 0.1) is 6.92 Å². The van der Waals surface area contributed by atoms with Crippen LogP contribution in [0.4, 0.5) is 0 Å². The van der Waals surface area contributed by atoms with Gasteiger partial charge in [0.25, 0.3) is 0 Å². The van der Waals surface area contributed by atoms with E-state index in [0.29, 0.717) is 0 Å². The van der Waals surface area contributed by atoms with Crippen LogP contribution >= 0.6 is 11.6 Å². The van der Waals surface area contributed by atoms with E-state index in [1.165, 1.54) is 16.7 Å². The molecule has 2 rings (SSSR count). The van der Waals surface area contributed by atoms with E-state index in [2.05, 4.69) is 56.1 Å². The van der Waals surface area contributed by atoms with E-state index >= 15 is 0 Å². The fourth-order valence-corrected chi connectivity index (χ4v) is 2.96. The SMILES string of the molecule is Cc1ccc(C(C(C)N)N(C)Cc2cccc(Cl)c2)cc1. The Labute approximate surface area is 132 Å². The Morgan fingerprint density at radius 2 is 1.81 bits per heavy atom. The molecule has 3 heteroatoms. The van der Waals surface area contributed by atoms with Crippen LogP contribution in [0.2, 0.25) is 5.02 Å². The van der Waals surface area contributed by atoms with Gasteiger partial charge in [-0.25, -0.2) is 0 Å². The normalized spacial score (nSPS) is 14.2. The molecule has 0 aliphatic heterocycles. The lowest BCUT2D eigenvalue weighted by Gasteiger charge is -2.31. The van der Waals surface area contributed by atoms with Crippen molar-refractivity contribution in [2.45, 2.75) is 32.5 Å².